The highest BCUT2D eigenvalue weighted by Crippen LogP contribution is 2.31. The van der Waals surface area contributed by atoms with Gasteiger partial charge in [0.1, 0.15) is 0 Å². The van der Waals surface area contributed by atoms with E-state index in [0.29, 0.717) is 34.3 Å². The van der Waals surface area contributed by atoms with Crippen LogP contribution in [-0.2, 0) is 21.7 Å². The molecular formula is C22H24N6O5S2. The number of nitrogens with zero attached hydrogens (tertiary/aromatic N) is 4. The Labute approximate surface area is 205 Å². The van der Waals surface area contributed by atoms with E-state index in [1.165, 1.54) is 17.5 Å². The first-order valence-electron chi connectivity index (χ1n) is 10.6. The Morgan fingerprint density at radius 2 is 1.97 bits per heavy atom. The summed E-state index contributed by atoms with van der Waals surface area (Å²) in [6.45, 7) is 3.74. The number of aromatic nitrogens is 4. The standard InChI is InChI=1S/C22H24N6O5S2/c1-22(2,12-29)19-26-18(28-33-19)6-7-24-20(30)27-21-25-16-5-4-13(9-17(16)34-21)14-8-15(11-23-10-14)35(3,31)32/h4-5,8-11,29H,6-7,12H2,1-3H3,(H2,24,25,27,30). The van der Waals surface area contributed by atoms with Crippen molar-refractivity contribution in [2.24, 2.45) is 0 Å². The largest absolute Gasteiger partial charge is 0.395 e. The van der Waals surface area contributed by atoms with E-state index in [1.54, 1.807) is 32.2 Å². The summed E-state index contributed by atoms with van der Waals surface area (Å²) in [6.07, 6.45) is 4.42. The molecule has 13 heteroatoms. The van der Waals surface area contributed by atoms with Crippen molar-refractivity contribution in [2.75, 3.05) is 24.7 Å². The molecule has 4 aromatic rings. The molecule has 35 heavy (non-hydrogen) atoms. The van der Waals surface area contributed by atoms with Crippen LogP contribution in [0.4, 0.5) is 9.93 Å². The number of rotatable bonds is 8. The molecule has 0 saturated heterocycles. The quantitative estimate of drug-likeness (QED) is 0.320. The number of carbonyl (C=O) groups is 1. The molecule has 0 aliphatic heterocycles. The van der Waals surface area contributed by atoms with Crippen molar-refractivity contribution in [3.8, 4) is 11.1 Å². The summed E-state index contributed by atoms with van der Waals surface area (Å²) < 4.78 is 29.7. The zero-order chi connectivity index (χ0) is 25.2. The van der Waals surface area contributed by atoms with Crippen molar-refractivity contribution in [2.45, 2.75) is 30.6 Å². The molecule has 0 unspecified atom stereocenters. The van der Waals surface area contributed by atoms with Gasteiger partial charge in [0, 0.05) is 37.2 Å². The molecule has 2 amide bonds. The third-order valence-corrected chi connectivity index (χ3v) is 7.17. The van der Waals surface area contributed by atoms with Gasteiger partial charge in [0.2, 0.25) is 5.89 Å². The zero-order valence-corrected chi connectivity index (χ0v) is 20.9. The second-order valence-corrected chi connectivity index (χ2v) is 11.6. The first-order valence-corrected chi connectivity index (χ1v) is 13.3. The fourth-order valence-electron chi connectivity index (χ4n) is 3.06. The van der Waals surface area contributed by atoms with E-state index in [0.717, 1.165) is 16.5 Å². The molecule has 0 saturated carbocycles. The van der Waals surface area contributed by atoms with E-state index in [1.807, 2.05) is 12.1 Å². The molecule has 4 rings (SSSR count). The van der Waals surface area contributed by atoms with Crippen LogP contribution >= 0.6 is 11.3 Å². The Morgan fingerprint density at radius 3 is 2.71 bits per heavy atom. The molecule has 0 aliphatic carbocycles. The number of nitrogens with one attached hydrogen (secondary N) is 2. The fraction of sp³-hybridized carbons (Fsp3) is 0.318. The molecule has 0 spiro atoms. The van der Waals surface area contributed by atoms with Crippen LogP contribution in [0.25, 0.3) is 21.3 Å². The van der Waals surface area contributed by atoms with Gasteiger partial charge in [-0.3, -0.25) is 10.3 Å². The summed E-state index contributed by atoms with van der Waals surface area (Å²) in [5, 5.41) is 19.1. The van der Waals surface area contributed by atoms with Crippen LogP contribution in [0.1, 0.15) is 25.6 Å². The molecule has 3 heterocycles. The predicted octanol–water partition coefficient (Wildman–Crippen LogP) is 2.78. The Bertz CT molecular complexity index is 1480. The highest BCUT2D eigenvalue weighted by molar-refractivity contribution is 7.90. The molecular weight excluding hydrogens is 492 g/mol. The van der Waals surface area contributed by atoms with E-state index >= 15 is 0 Å². The van der Waals surface area contributed by atoms with Crippen molar-refractivity contribution in [3.63, 3.8) is 0 Å². The lowest BCUT2D eigenvalue weighted by Gasteiger charge is -2.14. The van der Waals surface area contributed by atoms with E-state index in [2.05, 4.69) is 30.7 Å². The third-order valence-electron chi connectivity index (χ3n) is 5.16. The van der Waals surface area contributed by atoms with Gasteiger partial charge in [-0.25, -0.2) is 18.2 Å². The number of anilines is 1. The number of aliphatic hydroxyl groups is 1. The van der Waals surface area contributed by atoms with Crippen LogP contribution in [-0.4, -0.2) is 59.1 Å². The van der Waals surface area contributed by atoms with Gasteiger partial charge in [0.05, 0.1) is 27.1 Å². The summed E-state index contributed by atoms with van der Waals surface area (Å²) >= 11 is 1.30. The van der Waals surface area contributed by atoms with Crippen molar-refractivity contribution in [1.29, 1.82) is 0 Å². The summed E-state index contributed by atoms with van der Waals surface area (Å²) in [5.41, 5.74) is 1.53. The minimum Gasteiger partial charge on any atom is -0.395 e. The van der Waals surface area contributed by atoms with Crippen LogP contribution in [0.15, 0.2) is 46.1 Å². The first kappa shape index (κ1) is 24.7. The lowest BCUT2D eigenvalue weighted by molar-refractivity contribution is 0.182. The van der Waals surface area contributed by atoms with Crippen molar-refractivity contribution >= 4 is 42.6 Å². The number of sulfone groups is 1. The van der Waals surface area contributed by atoms with Crippen molar-refractivity contribution < 1.29 is 22.8 Å². The molecule has 0 atom stereocenters. The molecule has 3 N–H and O–H groups in total. The number of carbonyl (C=O) groups excluding carboxylic acids is 1. The summed E-state index contributed by atoms with van der Waals surface area (Å²) in [4.78, 5) is 25.2. The average Bonchev–Trinajstić information content (AvgIpc) is 3.45. The number of fused-ring (bicyclic) bond motifs is 1. The Hall–Kier alpha value is -3.42. The van der Waals surface area contributed by atoms with Gasteiger partial charge in [-0.05, 0) is 37.6 Å². The molecule has 0 fully saturated rings. The number of pyridine rings is 1. The average molecular weight is 517 g/mol. The van der Waals surface area contributed by atoms with Gasteiger partial charge in [-0.2, -0.15) is 4.98 Å². The third kappa shape index (κ3) is 5.81. The minimum absolute atomic E-state index is 0.122. The maximum Gasteiger partial charge on any atom is 0.321 e. The Kier molecular flexibility index (Phi) is 6.83. The van der Waals surface area contributed by atoms with Gasteiger partial charge in [-0.1, -0.05) is 22.6 Å². The SMILES string of the molecule is CC(C)(CO)c1nc(CCNC(=O)Nc2nc3ccc(-c4cncc(S(C)(=O)=O)c4)cc3s2)no1. The van der Waals surface area contributed by atoms with Crippen LogP contribution in [0, 0.1) is 0 Å². The fourth-order valence-corrected chi connectivity index (χ4v) is 4.56. The second-order valence-electron chi connectivity index (χ2n) is 8.57. The molecule has 184 valence electrons. The van der Waals surface area contributed by atoms with Crippen LogP contribution in [0.5, 0.6) is 0 Å². The van der Waals surface area contributed by atoms with E-state index < -0.39 is 21.3 Å². The maximum atomic E-state index is 12.3. The van der Waals surface area contributed by atoms with E-state index in [-0.39, 0.29) is 18.0 Å². The topological polar surface area (TPSA) is 160 Å². The monoisotopic (exact) mass is 516 g/mol. The number of aliphatic hydroxyl groups excluding tert-OH is 1. The maximum absolute atomic E-state index is 12.3. The van der Waals surface area contributed by atoms with Crippen molar-refractivity contribution in [3.05, 3.63) is 48.4 Å². The van der Waals surface area contributed by atoms with Gasteiger partial charge in [0.25, 0.3) is 0 Å². The first-order chi connectivity index (χ1) is 16.5. The smallest absolute Gasteiger partial charge is 0.321 e. The summed E-state index contributed by atoms with van der Waals surface area (Å²) in [6, 6.07) is 6.66. The van der Waals surface area contributed by atoms with Gasteiger partial charge < -0.3 is 14.9 Å². The zero-order valence-electron chi connectivity index (χ0n) is 19.3. The van der Waals surface area contributed by atoms with E-state index in [4.69, 9.17) is 4.52 Å². The summed E-state index contributed by atoms with van der Waals surface area (Å²) in [7, 11) is -3.37. The number of thiazole rings is 1. The number of hydrogen-bond acceptors (Lipinski definition) is 10. The summed E-state index contributed by atoms with van der Waals surface area (Å²) in [5.74, 6) is 0.774. The Balaban J connectivity index is 1.38. The molecule has 0 bridgehead atoms. The number of amides is 2. The molecule has 1 aromatic carbocycles. The Morgan fingerprint density at radius 1 is 1.17 bits per heavy atom. The molecule has 0 aliphatic rings. The second kappa shape index (κ2) is 9.68. The van der Waals surface area contributed by atoms with E-state index in [9.17, 15) is 18.3 Å². The number of urea groups is 1. The number of benzene rings is 1. The predicted molar refractivity (Wildman–Crippen MR) is 131 cm³/mol. The highest BCUT2D eigenvalue weighted by atomic mass is 32.2. The van der Waals surface area contributed by atoms with Gasteiger partial charge in [-0.15, -0.1) is 0 Å². The van der Waals surface area contributed by atoms with Crippen LogP contribution in [0.2, 0.25) is 0 Å². The van der Waals surface area contributed by atoms with Crippen molar-refractivity contribution in [1.82, 2.24) is 25.4 Å². The molecule has 11 nitrogen and oxygen atoms in total. The van der Waals surface area contributed by atoms with Crippen LogP contribution < -0.4 is 10.6 Å². The molecule has 3 aromatic heterocycles. The van der Waals surface area contributed by atoms with Gasteiger partial charge in [0.15, 0.2) is 20.8 Å². The lowest BCUT2D eigenvalue weighted by atomic mass is 9.95. The van der Waals surface area contributed by atoms with Crippen LogP contribution in [0.3, 0.4) is 0 Å². The normalized spacial score (nSPS) is 12.1. The lowest BCUT2D eigenvalue weighted by Crippen LogP contribution is -2.30. The molecule has 0 radical (unpaired) electrons. The highest BCUT2D eigenvalue weighted by Gasteiger charge is 2.26. The number of hydrogen-bond donors (Lipinski definition) is 3. The minimum atomic E-state index is -3.37. The van der Waals surface area contributed by atoms with Gasteiger partial charge >= 0.3 is 6.03 Å².